The van der Waals surface area contributed by atoms with Crippen LogP contribution in [-0.4, -0.2) is 21.9 Å². The second-order valence-electron chi connectivity index (χ2n) is 7.86. The largest absolute Gasteiger partial charge is 0.508 e. The number of Topliss-reactive ketones (excluding diaryl/α,β-unsaturated/α-hetero) is 1. The van der Waals surface area contributed by atoms with E-state index in [-0.39, 0.29) is 17.0 Å². The summed E-state index contributed by atoms with van der Waals surface area (Å²) in [6, 6.07) is 15.2. The summed E-state index contributed by atoms with van der Waals surface area (Å²) in [6.07, 6.45) is -3.90. The molecule has 0 saturated carbocycles. The monoisotopic (exact) mass is 467 g/mol. The maximum atomic E-state index is 13.3. The average Bonchev–Trinajstić information content (AvgIpc) is 3.09. The van der Waals surface area contributed by atoms with Crippen molar-refractivity contribution in [3.63, 3.8) is 0 Å². The highest BCUT2D eigenvalue weighted by Crippen LogP contribution is 2.43. The molecule has 4 rings (SSSR count). The number of halogens is 3. The molecule has 2 N–H and O–H groups in total. The van der Waals surface area contributed by atoms with Crippen LogP contribution in [0.3, 0.4) is 0 Å². The van der Waals surface area contributed by atoms with Crippen LogP contribution >= 0.6 is 0 Å². The van der Waals surface area contributed by atoms with Crippen LogP contribution in [0.15, 0.2) is 78.4 Å². The molecule has 1 unspecified atom stereocenters. The van der Waals surface area contributed by atoms with E-state index < -0.39 is 35.2 Å². The average molecular weight is 467 g/mol. The fourth-order valence-electron chi connectivity index (χ4n) is 3.96. The molecular formula is C26H20F3NO4. The number of alkyl halides is 3. The lowest BCUT2D eigenvalue weighted by Gasteiger charge is -2.26. The number of hydrogen-bond acceptors (Lipinski definition) is 4. The molecule has 3 aromatic rings. The number of anilines is 1. The number of aromatic hydroxyl groups is 1. The summed E-state index contributed by atoms with van der Waals surface area (Å²) in [5.74, 6) is -2.60. The molecule has 1 aliphatic heterocycles. The molecule has 1 saturated heterocycles. The van der Waals surface area contributed by atoms with Crippen LogP contribution in [0.5, 0.6) is 5.75 Å². The molecule has 1 heterocycles. The third-order valence-electron chi connectivity index (χ3n) is 5.74. The first kappa shape index (κ1) is 23.1. The van der Waals surface area contributed by atoms with E-state index in [0.29, 0.717) is 11.1 Å². The topological polar surface area (TPSA) is 77.8 Å². The van der Waals surface area contributed by atoms with E-state index >= 15 is 0 Å². The Labute approximate surface area is 193 Å². The number of carbonyl (C=O) groups excluding carboxylic acids is 2. The fourth-order valence-corrected chi connectivity index (χ4v) is 3.96. The van der Waals surface area contributed by atoms with Crippen LogP contribution in [0.25, 0.3) is 5.76 Å². The van der Waals surface area contributed by atoms with Crippen molar-refractivity contribution in [3.05, 3.63) is 101 Å². The molecule has 0 aromatic heterocycles. The minimum Gasteiger partial charge on any atom is -0.508 e. The maximum Gasteiger partial charge on any atom is 0.416 e. The minimum atomic E-state index is -4.65. The Morgan fingerprint density at radius 3 is 2.21 bits per heavy atom. The minimum absolute atomic E-state index is 0.0741. The normalized spacial score (nSPS) is 17.9. The zero-order valence-corrected chi connectivity index (χ0v) is 18.0. The molecule has 5 nitrogen and oxygen atoms in total. The van der Waals surface area contributed by atoms with Crippen LogP contribution in [-0.2, 0) is 22.2 Å². The molecule has 0 radical (unpaired) electrons. The summed E-state index contributed by atoms with van der Waals surface area (Å²) >= 11 is 0. The molecule has 3 aromatic carbocycles. The molecule has 0 spiro atoms. The van der Waals surface area contributed by atoms with E-state index in [1.54, 1.807) is 24.3 Å². The van der Waals surface area contributed by atoms with Crippen molar-refractivity contribution in [1.29, 1.82) is 0 Å². The first-order valence-corrected chi connectivity index (χ1v) is 10.5. The summed E-state index contributed by atoms with van der Waals surface area (Å²) in [6.45, 7) is 1.96. The Hall–Kier alpha value is -4.07. The Balaban J connectivity index is 1.92. The number of benzene rings is 3. The lowest BCUT2D eigenvalue weighted by atomic mass is 9.94. The van der Waals surface area contributed by atoms with E-state index in [1.807, 2.05) is 6.92 Å². The van der Waals surface area contributed by atoms with Crippen molar-refractivity contribution >= 4 is 23.1 Å². The van der Waals surface area contributed by atoms with Crippen LogP contribution in [0.1, 0.15) is 35.2 Å². The van der Waals surface area contributed by atoms with Gasteiger partial charge < -0.3 is 10.2 Å². The highest BCUT2D eigenvalue weighted by molar-refractivity contribution is 6.51. The summed E-state index contributed by atoms with van der Waals surface area (Å²) < 4.78 is 40.0. The van der Waals surface area contributed by atoms with Gasteiger partial charge in [0.05, 0.1) is 17.2 Å². The highest BCUT2D eigenvalue weighted by Gasteiger charge is 2.47. The van der Waals surface area contributed by atoms with Gasteiger partial charge in [-0.1, -0.05) is 49.4 Å². The predicted molar refractivity (Wildman–Crippen MR) is 120 cm³/mol. The van der Waals surface area contributed by atoms with Gasteiger partial charge in [0.1, 0.15) is 11.5 Å². The number of aliphatic hydroxyl groups excluding tert-OH is 1. The first-order valence-electron chi connectivity index (χ1n) is 10.5. The quantitative estimate of drug-likeness (QED) is 0.298. The number of ketones is 1. The van der Waals surface area contributed by atoms with Gasteiger partial charge in [-0.05, 0) is 47.9 Å². The van der Waals surface area contributed by atoms with Gasteiger partial charge >= 0.3 is 6.18 Å². The summed E-state index contributed by atoms with van der Waals surface area (Å²) in [4.78, 5) is 27.1. The zero-order valence-electron chi connectivity index (χ0n) is 18.0. The van der Waals surface area contributed by atoms with Crippen molar-refractivity contribution in [3.8, 4) is 5.75 Å². The van der Waals surface area contributed by atoms with E-state index in [9.17, 15) is 33.0 Å². The van der Waals surface area contributed by atoms with Crippen molar-refractivity contribution < 1.29 is 33.0 Å². The first-order chi connectivity index (χ1) is 16.1. The van der Waals surface area contributed by atoms with Crippen molar-refractivity contribution in [2.75, 3.05) is 4.90 Å². The van der Waals surface area contributed by atoms with Gasteiger partial charge in [0.15, 0.2) is 0 Å². The van der Waals surface area contributed by atoms with Gasteiger partial charge in [-0.3, -0.25) is 14.5 Å². The second kappa shape index (κ2) is 8.70. The van der Waals surface area contributed by atoms with Crippen LogP contribution in [0.4, 0.5) is 18.9 Å². The third-order valence-corrected chi connectivity index (χ3v) is 5.74. The van der Waals surface area contributed by atoms with Crippen molar-refractivity contribution in [1.82, 2.24) is 0 Å². The van der Waals surface area contributed by atoms with E-state index in [2.05, 4.69) is 0 Å². The standard InChI is InChI=1S/C26H20F3NO4/c1-2-15-6-8-17(9-7-15)23(32)21-22(16-10-12-20(31)13-11-16)30(25(34)24(21)33)19-5-3-4-18(14-19)26(27,28)29/h3-14,22,31-32H,2H2,1H3/b23-21+. The number of rotatable bonds is 4. The number of nitrogens with zero attached hydrogens (tertiary/aromatic N) is 1. The number of amides is 1. The zero-order chi connectivity index (χ0) is 24.6. The molecule has 174 valence electrons. The van der Waals surface area contributed by atoms with Gasteiger partial charge in [0, 0.05) is 11.3 Å². The summed E-state index contributed by atoms with van der Waals surface area (Å²) in [7, 11) is 0. The van der Waals surface area contributed by atoms with Crippen LogP contribution in [0, 0.1) is 0 Å². The number of aryl methyl sites for hydroxylation is 1. The van der Waals surface area contributed by atoms with E-state index in [1.165, 1.54) is 30.3 Å². The van der Waals surface area contributed by atoms with Gasteiger partial charge in [0.25, 0.3) is 11.7 Å². The van der Waals surface area contributed by atoms with Crippen molar-refractivity contribution in [2.45, 2.75) is 25.6 Å². The molecule has 34 heavy (non-hydrogen) atoms. The number of aliphatic hydroxyl groups is 1. The molecule has 1 fully saturated rings. The van der Waals surface area contributed by atoms with Crippen LogP contribution in [0.2, 0.25) is 0 Å². The highest BCUT2D eigenvalue weighted by atomic mass is 19.4. The summed E-state index contributed by atoms with van der Waals surface area (Å²) in [5, 5.41) is 20.7. The Morgan fingerprint density at radius 2 is 1.62 bits per heavy atom. The van der Waals surface area contributed by atoms with Gasteiger partial charge in [-0.2, -0.15) is 13.2 Å². The molecule has 1 aliphatic rings. The number of phenolic OH excluding ortho intramolecular Hbond substituents is 1. The van der Waals surface area contributed by atoms with E-state index in [4.69, 9.17) is 0 Å². The Morgan fingerprint density at radius 1 is 0.971 bits per heavy atom. The van der Waals surface area contributed by atoms with Crippen LogP contribution < -0.4 is 4.90 Å². The molecule has 1 amide bonds. The SMILES string of the molecule is CCc1ccc(/C(O)=C2\C(=O)C(=O)N(c3cccc(C(F)(F)F)c3)C2c2ccc(O)cc2)cc1. The Bertz CT molecular complexity index is 1280. The molecule has 0 aliphatic carbocycles. The lowest BCUT2D eigenvalue weighted by molar-refractivity contribution is -0.137. The molecule has 0 bridgehead atoms. The van der Waals surface area contributed by atoms with E-state index in [0.717, 1.165) is 35.1 Å². The third kappa shape index (κ3) is 4.14. The maximum absolute atomic E-state index is 13.3. The predicted octanol–water partition coefficient (Wildman–Crippen LogP) is 5.60. The molecule has 8 heteroatoms. The smallest absolute Gasteiger partial charge is 0.416 e. The van der Waals surface area contributed by atoms with Gasteiger partial charge in [-0.25, -0.2) is 0 Å². The van der Waals surface area contributed by atoms with Gasteiger partial charge in [-0.15, -0.1) is 0 Å². The van der Waals surface area contributed by atoms with Gasteiger partial charge in [0.2, 0.25) is 0 Å². The van der Waals surface area contributed by atoms with Crippen molar-refractivity contribution in [2.24, 2.45) is 0 Å². The summed E-state index contributed by atoms with van der Waals surface area (Å²) in [5.41, 5.74) is 0.249. The Kier molecular flexibility index (Phi) is 5.91. The number of phenols is 1. The second-order valence-corrected chi connectivity index (χ2v) is 7.86. The number of hydrogen-bond donors (Lipinski definition) is 2. The fraction of sp³-hybridized carbons (Fsp3) is 0.154. The molecular weight excluding hydrogens is 447 g/mol. The lowest BCUT2D eigenvalue weighted by Crippen LogP contribution is -2.29. The number of carbonyl (C=O) groups is 2. The molecule has 1 atom stereocenters.